The number of nitrogens with one attached hydrogen (secondary N) is 3. The Balaban J connectivity index is 1.76. The summed E-state index contributed by atoms with van der Waals surface area (Å²) in [7, 11) is 1.99. The van der Waals surface area contributed by atoms with Crippen LogP contribution in [0.4, 0.5) is 11.8 Å². The average Bonchev–Trinajstić information content (AvgIpc) is 3.08. The van der Waals surface area contributed by atoms with Crippen molar-refractivity contribution in [3.63, 3.8) is 0 Å². The predicted octanol–water partition coefficient (Wildman–Crippen LogP) is 1.17. The summed E-state index contributed by atoms with van der Waals surface area (Å²) >= 11 is 0. The smallest absolute Gasteiger partial charge is 0.226 e. The minimum Gasteiger partial charge on any atom is -0.368 e. The van der Waals surface area contributed by atoms with Gasteiger partial charge >= 0.3 is 0 Å². The second-order valence-corrected chi connectivity index (χ2v) is 4.66. The van der Waals surface area contributed by atoms with E-state index in [2.05, 4.69) is 35.6 Å². The normalized spacial score (nSPS) is 11.0. The number of rotatable bonds is 6. The molecule has 3 rings (SSSR count). The van der Waals surface area contributed by atoms with Gasteiger partial charge in [0.15, 0.2) is 11.5 Å². The summed E-state index contributed by atoms with van der Waals surface area (Å²) in [6.45, 7) is 3.51. The zero-order valence-electron chi connectivity index (χ0n) is 12.1. The fraction of sp³-hybridized carbons (Fsp3) is 0.385. The number of hydrogen-bond acceptors (Lipinski definition) is 6. The van der Waals surface area contributed by atoms with Crippen LogP contribution < -0.4 is 10.6 Å². The van der Waals surface area contributed by atoms with Crippen molar-refractivity contribution in [2.24, 2.45) is 7.05 Å². The van der Waals surface area contributed by atoms with Crippen LogP contribution in [0, 0.1) is 0 Å². The zero-order chi connectivity index (χ0) is 14.7. The van der Waals surface area contributed by atoms with E-state index in [-0.39, 0.29) is 0 Å². The molecule has 0 saturated heterocycles. The number of imidazole rings is 2. The third kappa shape index (κ3) is 2.78. The quantitative estimate of drug-likeness (QED) is 0.629. The molecule has 0 atom stereocenters. The highest BCUT2D eigenvalue weighted by Crippen LogP contribution is 2.18. The number of anilines is 2. The Hall–Kier alpha value is -2.64. The van der Waals surface area contributed by atoms with Gasteiger partial charge in [0.05, 0.1) is 6.33 Å². The molecule has 0 unspecified atom stereocenters. The van der Waals surface area contributed by atoms with Gasteiger partial charge in [-0.3, -0.25) is 0 Å². The van der Waals surface area contributed by atoms with Gasteiger partial charge in [-0.15, -0.1) is 0 Å². The predicted molar refractivity (Wildman–Crippen MR) is 81.2 cm³/mol. The maximum Gasteiger partial charge on any atom is 0.226 e. The molecule has 3 N–H and O–H groups in total. The first-order valence-electron chi connectivity index (χ1n) is 6.93. The van der Waals surface area contributed by atoms with Gasteiger partial charge in [0.25, 0.3) is 0 Å². The van der Waals surface area contributed by atoms with E-state index < -0.39 is 0 Å². The summed E-state index contributed by atoms with van der Waals surface area (Å²) in [5.41, 5.74) is 1.47. The number of aromatic amines is 1. The second-order valence-electron chi connectivity index (χ2n) is 4.66. The van der Waals surface area contributed by atoms with Crippen molar-refractivity contribution in [3.8, 4) is 0 Å². The van der Waals surface area contributed by atoms with Gasteiger partial charge in [0, 0.05) is 39.0 Å². The first-order valence-corrected chi connectivity index (χ1v) is 6.93. The maximum absolute atomic E-state index is 4.47. The van der Waals surface area contributed by atoms with Crippen molar-refractivity contribution in [3.05, 3.63) is 24.5 Å². The number of aryl methyl sites for hydroxylation is 1. The van der Waals surface area contributed by atoms with E-state index in [1.807, 2.05) is 24.7 Å². The second kappa shape index (κ2) is 5.78. The summed E-state index contributed by atoms with van der Waals surface area (Å²) in [5, 5.41) is 6.43. The van der Waals surface area contributed by atoms with Crippen molar-refractivity contribution >= 4 is 22.9 Å². The van der Waals surface area contributed by atoms with Crippen molar-refractivity contribution in [1.29, 1.82) is 0 Å². The standard InChI is InChI=1S/C13H18N8/c1-3-14-13-19-11(10-12(20-13)18-8-17-10)16-5-4-9-15-6-7-21(9)2/h6-8H,3-5H2,1-2H3,(H3,14,16,17,18,19,20). The monoisotopic (exact) mass is 286 g/mol. The molecule has 21 heavy (non-hydrogen) atoms. The molecule has 0 aliphatic heterocycles. The van der Waals surface area contributed by atoms with E-state index in [1.54, 1.807) is 12.5 Å². The Kier molecular flexibility index (Phi) is 3.67. The van der Waals surface area contributed by atoms with Crippen molar-refractivity contribution in [2.45, 2.75) is 13.3 Å². The summed E-state index contributed by atoms with van der Waals surface area (Å²) in [6, 6.07) is 0. The van der Waals surface area contributed by atoms with E-state index >= 15 is 0 Å². The van der Waals surface area contributed by atoms with Crippen LogP contribution in [0.1, 0.15) is 12.7 Å². The molecule has 0 amide bonds. The molecule has 0 bridgehead atoms. The van der Waals surface area contributed by atoms with Gasteiger partial charge in [-0.2, -0.15) is 9.97 Å². The van der Waals surface area contributed by atoms with E-state index in [0.29, 0.717) is 11.6 Å². The Morgan fingerprint density at radius 2 is 2.14 bits per heavy atom. The van der Waals surface area contributed by atoms with Crippen molar-refractivity contribution < 1.29 is 0 Å². The number of fused-ring (bicyclic) bond motifs is 1. The van der Waals surface area contributed by atoms with Crippen LogP contribution in [0.15, 0.2) is 18.7 Å². The fourth-order valence-electron chi connectivity index (χ4n) is 2.13. The van der Waals surface area contributed by atoms with Crippen LogP contribution >= 0.6 is 0 Å². The van der Waals surface area contributed by atoms with Crippen LogP contribution in [-0.4, -0.2) is 42.6 Å². The topological polar surface area (TPSA) is 96.3 Å². The van der Waals surface area contributed by atoms with Crippen molar-refractivity contribution in [2.75, 3.05) is 23.7 Å². The summed E-state index contributed by atoms with van der Waals surface area (Å²) in [6.07, 6.45) is 6.19. The molecule has 0 aliphatic rings. The highest BCUT2D eigenvalue weighted by Gasteiger charge is 2.09. The fourth-order valence-corrected chi connectivity index (χ4v) is 2.13. The van der Waals surface area contributed by atoms with E-state index in [4.69, 9.17) is 0 Å². The lowest BCUT2D eigenvalue weighted by Gasteiger charge is -2.08. The third-order valence-corrected chi connectivity index (χ3v) is 3.18. The molecular weight excluding hydrogens is 268 g/mol. The lowest BCUT2D eigenvalue weighted by Crippen LogP contribution is -2.11. The van der Waals surface area contributed by atoms with Gasteiger partial charge in [-0.05, 0) is 6.92 Å². The Bertz CT molecular complexity index is 729. The first-order chi connectivity index (χ1) is 10.3. The number of aromatic nitrogens is 6. The summed E-state index contributed by atoms with van der Waals surface area (Å²) in [4.78, 5) is 20.4. The van der Waals surface area contributed by atoms with Crippen LogP contribution in [0.5, 0.6) is 0 Å². The number of hydrogen-bond donors (Lipinski definition) is 3. The summed E-state index contributed by atoms with van der Waals surface area (Å²) < 4.78 is 2.01. The molecule has 8 heteroatoms. The zero-order valence-corrected chi connectivity index (χ0v) is 12.1. The van der Waals surface area contributed by atoms with Gasteiger partial charge in [-0.1, -0.05) is 0 Å². The maximum atomic E-state index is 4.47. The minimum atomic E-state index is 0.580. The largest absolute Gasteiger partial charge is 0.368 e. The Morgan fingerprint density at radius 3 is 2.90 bits per heavy atom. The van der Waals surface area contributed by atoms with Gasteiger partial charge in [0.2, 0.25) is 5.95 Å². The molecule has 3 aromatic rings. The first kappa shape index (κ1) is 13.3. The lowest BCUT2D eigenvalue weighted by atomic mass is 10.4. The Morgan fingerprint density at radius 1 is 1.24 bits per heavy atom. The highest BCUT2D eigenvalue weighted by atomic mass is 15.2. The minimum absolute atomic E-state index is 0.580. The summed E-state index contributed by atoms with van der Waals surface area (Å²) in [5.74, 6) is 2.36. The molecule has 3 aromatic heterocycles. The van der Waals surface area contributed by atoms with Crippen LogP contribution in [0.25, 0.3) is 11.2 Å². The molecule has 0 spiro atoms. The molecule has 8 nitrogen and oxygen atoms in total. The molecule has 0 radical (unpaired) electrons. The van der Waals surface area contributed by atoms with Gasteiger partial charge in [0.1, 0.15) is 11.3 Å². The van der Waals surface area contributed by atoms with E-state index in [0.717, 1.165) is 36.7 Å². The molecule has 0 fully saturated rings. The average molecular weight is 286 g/mol. The molecular formula is C13H18N8. The van der Waals surface area contributed by atoms with Crippen LogP contribution in [0.3, 0.4) is 0 Å². The molecule has 110 valence electrons. The van der Waals surface area contributed by atoms with Crippen LogP contribution in [-0.2, 0) is 13.5 Å². The molecule has 0 aromatic carbocycles. The van der Waals surface area contributed by atoms with Gasteiger partial charge in [-0.25, -0.2) is 9.97 Å². The Labute approximate surface area is 122 Å². The lowest BCUT2D eigenvalue weighted by molar-refractivity contribution is 0.788. The highest BCUT2D eigenvalue weighted by molar-refractivity contribution is 5.83. The number of H-pyrrole nitrogens is 1. The van der Waals surface area contributed by atoms with Crippen molar-refractivity contribution in [1.82, 2.24) is 29.5 Å². The van der Waals surface area contributed by atoms with E-state index in [9.17, 15) is 0 Å². The third-order valence-electron chi connectivity index (χ3n) is 3.18. The SMILES string of the molecule is CCNc1nc(NCCc2nccn2C)c2[nH]cnc2n1. The number of nitrogens with zero attached hydrogens (tertiary/aromatic N) is 5. The molecule has 0 saturated carbocycles. The molecule has 3 heterocycles. The molecule has 0 aliphatic carbocycles. The van der Waals surface area contributed by atoms with Crippen LogP contribution in [0.2, 0.25) is 0 Å². The van der Waals surface area contributed by atoms with E-state index in [1.165, 1.54) is 0 Å². The van der Waals surface area contributed by atoms with Gasteiger partial charge < -0.3 is 20.2 Å².